The molecule has 2 aromatic carbocycles. The molecule has 7 heteroatoms. The van der Waals surface area contributed by atoms with Crippen molar-refractivity contribution in [2.75, 3.05) is 22.4 Å². The Balaban J connectivity index is 1.98. The molecule has 0 radical (unpaired) electrons. The summed E-state index contributed by atoms with van der Waals surface area (Å²) in [6, 6.07) is 12.6. The van der Waals surface area contributed by atoms with Crippen LogP contribution in [0.25, 0.3) is 0 Å². The maximum absolute atomic E-state index is 12.2. The number of benzene rings is 2. The van der Waals surface area contributed by atoms with Crippen molar-refractivity contribution in [3.05, 3.63) is 58.6 Å². The largest absolute Gasteiger partial charge is 0.326 e. The second-order valence-electron chi connectivity index (χ2n) is 6.28. The first-order valence-electron chi connectivity index (χ1n) is 8.27. The van der Waals surface area contributed by atoms with Crippen molar-refractivity contribution >= 4 is 38.9 Å². The van der Waals surface area contributed by atoms with Crippen LogP contribution in [-0.2, 0) is 14.8 Å². The van der Waals surface area contributed by atoms with E-state index in [4.69, 9.17) is 11.6 Å². The van der Waals surface area contributed by atoms with Crippen LogP contribution < -0.4 is 9.62 Å². The highest BCUT2D eigenvalue weighted by atomic mass is 35.5. The van der Waals surface area contributed by atoms with Gasteiger partial charge in [-0.05, 0) is 50.1 Å². The third-order valence-electron chi connectivity index (χ3n) is 3.96. The van der Waals surface area contributed by atoms with Gasteiger partial charge < -0.3 is 5.32 Å². The molecule has 0 aliphatic heterocycles. The van der Waals surface area contributed by atoms with Crippen LogP contribution in [-0.4, -0.2) is 27.1 Å². The molecule has 0 heterocycles. The van der Waals surface area contributed by atoms with E-state index in [1.807, 2.05) is 32.0 Å². The topological polar surface area (TPSA) is 66.5 Å². The predicted octanol–water partition coefficient (Wildman–Crippen LogP) is 4.14. The average Bonchev–Trinajstić information content (AvgIpc) is 2.55. The van der Waals surface area contributed by atoms with Crippen molar-refractivity contribution in [1.82, 2.24) is 0 Å². The zero-order valence-corrected chi connectivity index (χ0v) is 16.7. The summed E-state index contributed by atoms with van der Waals surface area (Å²) in [5, 5.41) is 3.37. The standard InChI is InChI=1S/C19H23ClN2O3S/c1-14-6-10-17(11-7-14)22(26(3,24)25)12-4-5-19(23)21-18-13-16(20)9-8-15(18)2/h6-11,13H,4-5,12H2,1-3H3,(H,21,23). The van der Waals surface area contributed by atoms with E-state index < -0.39 is 10.0 Å². The van der Waals surface area contributed by atoms with E-state index in [1.165, 1.54) is 10.6 Å². The molecule has 5 nitrogen and oxygen atoms in total. The van der Waals surface area contributed by atoms with Crippen molar-refractivity contribution in [3.8, 4) is 0 Å². The number of anilines is 2. The van der Waals surface area contributed by atoms with Crippen LogP contribution in [0.5, 0.6) is 0 Å². The number of hydrogen-bond donors (Lipinski definition) is 1. The second-order valence-corrected chi connectivity index (χ2v) is 8.62. The maximum Gasteiger partial charge on any atom is 0.232 e. The molecule has 0 aromatic heterocycles. The summed E-state index contributed by atoms with van der Waals surface area (Å²) in [6.45, 7) is 4.06. The Morgan fingerprint density at radius 1 is 1.12 bits per heavy atom. The fourth-order valence-corrected chi connectivity index (χ4v) is 3.66. The quantitative estimate of drug-likeness (QED) is 0.767. The minimum Gasteiger partial charge on any atom is -0.326 e. The summed E-state index contributed by atoms with van der Waals surface area (Å²) >= 11 is 5.95. The number of amides is 1. The molecule has 0 fully saturated rings. The molecule has 0 saturated heterocycles. The normalized spacial score (nSPS) is 11.2. The van der Waals surface area contributed by atoms with Gasteiger partial charge in [-0.15, -0.1) is 0 Å². The predicted molar refractivity (Wildman–Crippen MR) is 107 cm³/mol. The molecule has 26 heavy (non-hydrogen) atoms. The van der Waals surface area contributed by atoms with Crippen LogP contribution in [0.1, 0.15) is 24.0 Å². The lowest BCUT2D eigenvalue weighted by Crippen LogP contribution is -2.31. The zero-order valence-electron chi connectivity index (χ0n) is 15.1. The summed E-state index contributed by atoms with van der Waals surface area (Å²) in [5.41, 5.74) is 3.24. The number of nitrogens with one attached hydrogen (secondary N) is 1. The van der Waals surface area contributed by atoms with Crippen molar-refractivity contribution in [2.24, 2.45) is 0 Å². The number of nitrogens with zero attached hydrogens (tertiary/aromatic N) is 1. The van der Waals surface area contributed by atoms with Crippen LogP contribution in [0.3, 0.4) is 0 Å². The number of hydrogen-bond acceptors (Lipinski definition) is 3. The maximum atomic E-state index is 12.2. The summed E-state index contributed by atoms with van der Waals surface area (Å²) in [6.07, 6.45) is 1.79. The number of rotatable bonds is 7. The van der Waals surface area contributed by atoms with E-state index in [9.17, 15) is 13.2 Å². The van der Waals surface area contributed by atoms with Crippen molar-refractivity contribution < 1.29 is 13.2 Å². The molecule has 0 bridgehead atoms. The van der Waals surface area contributed by atoms with Crippen LogP contribution in [0, 0.1) is 13.8 Å². The number of sulfonamides is 1. The molecule has 0 saturated carbocycles. The van der Waals surface area contributed by atoms with E-state index in [2.05, 4.69) is 5.32 Å². The number of aryl methyl sites for hydroxylation is 2. The zero-order chi connectivity index (χ0) is 19.3. The molecular formula is C19H23ClN2O3S. The highest BCUT2D eigenvalue weighted by Gasteiger charge is 2.17. The number of carbonyl (C=O) groups is 1. The fourth-order valence-electron chi connectivity index (χ4n) is 2.52. The van der Waals surface area contributed by atoms with Gasteiger partial charge in [0.05, 0.1) is 11.9 Å². The molecule has 0 atom stereocenters. The van der Waals surface area contributed by atoms with Crippen LogP contribution in [0.15, 0.2) is 42.5 Å². The lowest BCUT2D eigenvalue weighted by molar-refractivity contribution is -0.116. The first-order chi connectivity index (χ1) is 12.2. The lowest BCUT2D eigenvalue weighted by Gasteiger charge is -2.22. The van der Waals surface area contributed by atoms with Gasteiger partial charge in [0, 0.05) is 23.7 Å². The van der Waals surface area contributed by atoms with Crippen LogP contribution in [0.2, 0.25) is 5.02 Å². The fraction of sp³-hybridized carbons (Fsp3) is 0.316. The number of halogens is 1. The van der Waals surface area contributed by atoms with Crippen LogP contribution in [0.4, 0.5) is 11.4 Å². The Labute approximate surface area is 160 Å². The lowest BCUT2D eigenvalue weighted by atomic mass is 10.2. The summed E-state index contributed by atoms with van der Waals surface area (Å²) in [7, 11) is -3.42. The molecular weight excluding hydrogens is 372 g/mol. The molecule has 0 spiro atoms. The molecule has 0 unspecified atom stereocenters. The molecule has 2 aromatic rings. The van der Waals surface area contributed by atoms with Gasteiger partial charge in [0.2, 0.25) is 15.9 Å². The average molecular weight is 395 g/mol. The third kappa shape index (κ3) is 5.75. The Kier molecular flexibility index (Phi) is 6.67. The van der Waals surface area contributed by atoms with Gasteiger partial charge >= 0.3 is 0 Å². The van der Waals surface area contributed by atoms with Crippen molar-refractivity contribution in [1.29, 1.82) is 0 Å². The summed E-state index contributed by atoms with van der Waals surface area (Å²) < 4.78 is 25.5. The highest BCUT2D eigenvalue weighted by molar-refractivity contribution is 7.92. The molecule has 1 amide bonds. The first-order valence-corrected chi connectivity index (χ1v) is 10.5. The number of carbonyl (C=O) groups excluding carboxylic acids is 1. The van der Waals surface area contributed by atoms with Gasteiger partial charge in [0.1, 0.15) is 0 Å². The first kappa shape index (κ1) is 20.3. The Hall–Kier alpha value is -2.05. The van der Waals surface area contributed by atoms with E-state index in [-0.39, 0.29) is 18.9 Å². The van der Waals surface area contributed by atoms with Gasteiger partial charge in [-0.3, -0.25) is 9.10 Å². The Bertz CT molecular complexity index is 880. The SMILES string of the molecule is Cc1ccc(N(CCCC(=O)Nc2cc(Cl)ccc2C)S(C)(=O)=O)cc1. The molecule has 140 valence electrons. The van der Waals surface area contributed by atoms with Crippen molar-refractivity contribution in [3.63, 3.8) is 0 Å². The molecule has 2 rings (SSSR count). The summed E-state index contributed by atoms with van der Waals surface area (Å²) in [5.74, 6) is -0.173. The van der Waals surface area contributed by atoms with Gasteiger partial charge in [-0.25, -0.2) is 8.42 Å². The molecule has 1 N–H and O–H groups in total. The van der Waals surface area contributed by atoms with Gasteiger partial charge in [0.25, 0.3) is 0 Å². The van der Waals surface area contributed by atoms with E-state index in [1.54, 1.807) is 24.3 Å². The third-order valence-corrected chi connectivity index (χ3v) is 5.39. The van der Waals surface area contributed by atoms with Gasteiger partial charge in [0.15, 0.2) is 0 Å². The smallest absolute Gasteiger partial charge is 0.232 e. The van der Waals surface area contributed by atoms with E-state index >= 15 is 0 Å². The minimum atomic E-state index is -3.42. The monoisotopic (exact) mass is 394 g/mol. The van der Waals surface area contributed by atoms with Gasteiger partial charge in [-0.2, -0.15) is 0 Å². The summed E-state index contributed by atoms with van der Waals surface area (Å²) in [4.78, 5) is 12.2. The minimum absolute atomic E-state index is 0.173. The molecule has 0 aliphatic rings. The second kappa shape index (κ2) is 8.56. The van der Waals surface area contributed by atoms with Gasteiger partial charge in [-0.1, -0.05) is 35.4 Å². The van der Waals surface area contributed by atoms with E-state index in [0.717, 1.165) is 11.1 Å². The Morgan fingerprint density at radius 3 is 2.38 bits per heavy atom. The van der Waals surface area contributed by atoms with Crippen LogP contribution >= 0.6 is 11.6 Å². The highest BCUT2D eigenvalue weighted by Crippen LogP contribution is 2.21. The van der Waals surface area contributed by atoms with E-state index in [0.29, 0.717) is 22.8 Å². The molecule has 0 aliphatic carbocycles. The van der Waals surface area contributed by atoms with Crippen molar-refractivity contribution in [2.45, 2.75) is 26.7 Å². The Morgan fingerprint density at radius 2 is 1.77 bits per heavy atom.